The molecule has 0 fully saturated rings. The number of rotatable bonds is 10. The van der Waals surface area contributed by atoms with Crippen LogP contribution in [0.25, 0.3) is 0 Å². The summed E-state index contributed by atoms with van der Waals surface area (Å²) >= 11 is 0. The molecule has 28 heavy (non-hydrogen) atoms. The average Bonchev–Trinajstić information content (AvgIpc) is 3.01. The van der Waals surface area contributed by atoms with Gasteiger partial charge in [-0.3, -0.25) is 4.68 Å². The zero-order valence-corrected chi connectivity index (χ0v) is 19.5. The highest BCUT2D eigenvalue weighted by atomic mass is 127. The molecule has 156 valence electrons. The van der Waals surface area contributed by atoms with Gasteiger partial charge in [-0.05, 0) is 38.0 Å². The third kappa shape index (κ3) is 8.05. The molecule has 0 amide bonds. The van der Waals surface area contributed by atoms with Crippen LogP contribution in [0.1, 0.15) is 30.2 Å². The van der Waals surface area contributed by atoms with Gasteiger partial charge in [-0.15, -0.1) is 24.0 Å². The molecule has 0 radical (unpaired) electrons. The molecule has 0 aliphatic carbocycles. The van der Waals surface area contributed by atoms with Crippen molar-refractivity contribution < 1.29 is 9.47 Å². The van der Waals surface area contributed by atoms with Gasteiger partial charge < -0.3 is 20.1 Å². The lowest BCUT2D eigenvalue weighted by Gasteiger charge is -2.13. The highest BCUT2D eigenvalue weighted by Crippen LogP contribution is 2.12. The normalized spacial score (nSPS) is 11.1. The molecular weight excluding hydrogens is 469 g/mol. The molecule has 2 N–H and O–H groups in total. The van der Waals surface area contributed by atoms with Crippen LogP contribution >= 0.6 is 24.0 Å². The third-order valence-corrected chi connectivity index (χ3v) is 4.32. The standard InChI is InChI=1S/C20H31N5O2.HI/c1-5-27-12-6-11-21-20(23-14-18-15-24-25(3)16(18)2)22-13-17-7-9-19(26-4)10-8-17;/h7-10,15H,5-6,11-14H2,1-4H3,(H2,21,22,23);1H. The molecule has 0 spiro atoms. The second-order valence-electron chi connectivity index (χ2n) is 6.22. The molecule has 0 unspecified atom stereocenters. The van der Waals surface area contributed by atoms with E-state index in [1.165, 1.54) is 0 Å². The number of aromatic nitrogens is 2. The lowest BCUT2D eigenvalue weighted by Crippen LogP contribution is -2.38. The average molecular weight is 501 g/mol. The number of benzene rings is 1. The number of methoxy groups -OCH3 is 1. The van der Waals surface area contributed by atoms with E-state index in [9.17, 15) is 0 Å². The van der Waals surface area contributed by atoms with Crippen LogP contribution in [-0.4, -0.2) is 42.6 Å². The van der Waals surface area contributed by atoms with Crippen molar-refractivity contribution in [2.45, 2.75) is 33.4 Å². The zero-order valence-electron chi connectivity index (χ0n) is 17.2. The van der Waals surface area contributed by atoms with Crippen LogP contribution in [-0.2, 0) is 24.9 Å². The molecule has 1 aromatic carbocycles. The summed E-state index contributed by atoms with van der Waals surface area (Å²) in [6.07, 6.45) is 2.82. The molecule has 0 aliphatic heterocycles. The van der Waals surface area contributed by atoms with Crippen molar-refractivity contribution in [3.05, 3.63) is 47.3 Å². The van der Waals surface area contributed by atoms with Crippen LogP contribution in [0.2, 0.25) is 0 Å². The number of nitrogens with zero attached hydrogens (tertiary/aromatic N) is 3. The fraction of sp³-hybridized carbons (Fsp3) is 0.500. The summed E-state index contributed by atoms with van der Waals surface area (Å²) in [5.74, 6) is 1.63. The van der Waals surface area contributed by atoms with E-state index in [0.29, 0.717) is 13.1 Å². The Balaban J connectivity index is 0.00000392. The van der Waals surface area contributed by atoms with Gasteiger partial charge in [-0.1, -0.05) is 12.1 Å². The van der Waals surface area contributed by atoms with Gasteiger partial charge in [-0.2, -0.15) is 5.10 Å². The highest BCUT2D eigenvalue weighted by Gasteiger charge is 2.05. The maximum Gasteiger partial charge on any atom is 0.191 e. The third-order valence-electron chi connectivity index (χ3n) is 4.32. The van der Waals surface area contributed by atoms with Crippen LogP contribution in [0.3, 0.4) is 0 Å². The Bertz CT molecular complexity index is 716. The van der Waals surface area contributed by atoms with Crippen molar-refractivity contribution in [3.8, 4) is 5.75 Å². The lowest BCUT2D eigenvalue weighted by atomic mass is 10.2. The van der Waals surface area contributed by atoms with Gasteiger partial charge in [0, 0.05) is 44.6 Å². The van der Waals surface area contributed by atoms with E-state index in [-0.39, 0.29) is 24.0 Å². The smallest absolute Gasteiger partial charge is 0.191 e. The molecule has 0 bridgehead atoms. The highest BCUT2D eigenvalue weighted by molar-refractivity contribution is 14.0. The van der Waals surface area contributed by atoms with E-state index >= 15 is 0 Å². The molecule has 1 aromatic heterocycles. The minimum atomic E-state index is 0. The van der Waals surface area contributed by atoms with Gasteiger partial charge in [0.25, 0.3) is 0 Å². The van der Waals surface area contributed by atoms with Gasteiger partial charge >= 0.3 is 0 Å². The van der Waals surface area contributed by atoms with Gasteiger partial charge in [0.1, 0.15) is 5.75 Å². The van der Waals surface area contributed by atoms with Crippen molar-refractivity contribution in [2.75, 3.05) is 26.9 Å². The second kappa shape index (κ2) is 13.4. The number of halogens is 1. The molecule has 0 aliphatic rings. The maximum absolute atomic E-state index is 5.39. The maximum atomic E-state index is 5.39. The first-order valence-electron chi connectivity index (χ1n) is 9.34. The van der Waals surface area contributed by atoms with Crippen molar-refractivity contribution in [1.82, 2.24) is 20.4 Å². The van der Waals surface area contributed by atoms with Gasteiger partial charge in [0.2, 0.25) is 0 Å². The minimum Gasteiger partial charge on any atom is -0.497 e. The largest absolute Gasteiger partial charge is 0.497 e. The second-order valence-corrected chi connectivity index (χ2v) is 6.22. The van der Waals surface area contributed by atoms with Crippen molar-refractivity contribution in [2.24, 2.45) is 12.0 Å². The summed E-state index contributed by atoms with van der Waals surface area (Å²) < 4.78 is 12.5. The van der Waals surface area contributed by atoms with Crippen LogP contribution in [0.15, 0.2) is 35.5 Å². The number of aliphatic imine (C=N–C) groups is 1. The molecule has 8 heteroatoms. The Hall–Kier alpha value is -1.81. The quantitative estimate of drug-likeness (QED) is 0.227. The number of hydrogen-bond acceptors (Lipinski definition) is 4. The first kappa shape index (κ1) is 24.2. The van der Waals surface area contributed by atoms with Crippen molar-refractivity contribution in [1.29, 1.82) is 0 Å². The Morgan fingerprint density at radius 1 is 1.21 bits per heavy atom. The Kier molecular flexibility index (Phi) is 11.6. The van der Waals surface area contributed by atoms with Crippen LogP contribution in [0.5, 0.6) is 5.75 Å². The Morgan fingerprint density at radius 2 is 1.96 bits per heavy atom. The first-order chi connectivity index (χ1) is 13.1. The molecule has 0 saturated carbocycles. The van der Waals surface area contributed by atoms with Crippen LogP contribution in [0, 0.1) is 6.92 Å². The molecule has 1 heterocycles. The van der Waals surface area contributed by atoms with Crippen molar-refractivity contribution in [3.63, 3.8) is 0 Å². The van der Waals surface area contributed by atoms with E-state index < -0.39 is 0 Å². The Labute approximate surface area is 184 Å². The van der Waals surface area contributed by atoms with E-state index in [1.807, 2.05) is 49.1 Å². The number of aryl methyl sites for hydroxylation is 1. The summed E-state index contributed by atoms with van der Waals surface area (Å²) in [4.78, 5) is 4.70. The predicted octanol–water partition coefficient (Wildman–Crippen LogP) is 3.02. The lowest BCUT2D eigenvalue weighted by molar-refractivity contribution is 0.145. The van der Waals surface area contributed by atoms with Crippen LogP contribution in [0.4, 0.5) is 0 Å². The number of guanidine groups is 1. The fourth-order valence-electron chi connectivity index (χ4n) is 2.50. The monoisotopic (exact) mass is 501 g/mol. The number of hydrogen-bond donors (Lipinski definition) is 2. The summed E-state index contributed by atoms with van der Waals surface area (Å²) in [6.45, 7) is 7.64. The van der Waals surface area contributed by atoms with E-state index in [1.54, 1.807) is 7.11 Å². The zero-order chi connectivity index (χ0) is 19.5. The number of ether oxygens (including phenoxy) is 2. The molecule has 0 saturated heterocycles. The topological polar surface area (TPSA) is 72.7 Å². The van der Waals surface area contributed by atoms with E-state index in [0.717, 1.165) is 54.7 Å². The Morgan fingerprint density at radius 3 is 2.57 bits per heavy atom. The van der Waals surface area contributed by atoms with Gasteiger partial charge in [-0.25, -0.2) is 4.99 Å². The minimum absolute atomic E-state index is 0. The van der Waals surface area contributed by atoms with Gasteiger partial charge in [0.15, 0.2) is 5.96 Å². The summed E-state index contributed by atoms with van der Waals surface area (Å²) in [7, 11) is 3.62. The molecule has 0 atom stereocenters. The first-order valence-corrected chi connectivity index (χ1v) is 9.34. The molecule has 2 rings (SSSR count). The molecule has 2 aromatic rings. The van der Waals surface area contributed by atoms with E-state index in [2.05, 4.69) is 22.7 Å². The predicted molar refractivity (Wildman–Crippen MR) is 123 cm³/mol. The van der Waals surface area contributed by atoms with E-state index in [4.69, 9.17) is 14.5 Å². The molecule has 7 nitrogen and oxygen atoms in total. The molecular formula is C20H32IN5O2. The van der Waals surface area contributed by atoms with Crippen LogP contribution < -0.4 is 15.4 Å². The van der Waals surface area contributed by atoms with Crippen molar-refractivity contribution >= 4 is 29.9 Å². The number of nitrogens with one attached hydrogen (secondary N) is 2. The summed E-state index contributed by atoms with van der Waals surface area (Å²) in [6, 6.07) is 7.96. The summed E-state index contributed by atoms with van der Waals surface area (Å²) in [5, 5.41) is 11.1. The SMILES string of the molecule is CCOCCCNC(=NCc1ccc(OC)cc1)NCc1cnn(C)c1C.I. The van der Waals surface area contributed by atoms with Gasteiger partial charge in [0.05, 0.1) is 19.9 Å². The fourth-order valence-corrected chi connectivity index (χ4v) is 2.50. The summed E-state index contributed by atoms with van der Waals surface area (Å²) in [5.41, 5.74) is 3.43.